The largest absolute Gasteiger partial charge is 0.343 e. The highest BCUT2D eigenvalue weighted by Crippen LogP contribution is 2.37. The second-order valence-electron chi connectivity index (χ2n) is 3.21. The predicted molar refractivity (Wildman–Crippen MR) is 67.4 cm³/mol. The topological polar surface area (TPSA) is 61.7 Å². The molecule has 16 heavy (non-hydrogen) atoms. The summed E-state index contributed by atoms with van der Waals surface area (Å²) < 4.78 is 4.61. The summed E-state index contributed by atoms with van der Waals surface area (Å²) in [7, 11) is 0. The van der Waals surface area contributed by atoms with Crippen LogP contribution in [0, 0.1) is 0 Å². The van der Waals surface area contributed by atoms with Gasteiger partial charge in [0.1, 0.15) is 0 Å². The zero-order valence-electron chi connectivity index (χ0n) is 8.20. The number of fused-ring (bicyclic) bond motifs is 1. The second-order valence-corrected chi connectivity index (χ2v) is 5.80. The second kappa shape index (κ2) is 4.49. The molecule has 0 saturated carbocycles. The molecule has 0 heterocycles. The molecule has 0 unspecified atom stereocenters. The van der Waals surface area contributed by atoms with E-state index in [1.165, 1.54) is 0 Å². The van der Waals surface area contributed by atoms with Crippen LogP contribution in [0.3, 0.4) is 0 Å². The van der Waals surface area contributed by atoms with Crippen molar-refractivity contribution in [2.45, 2.75) is 0 Å². The number of nitrogens with one attached hydrogen (secondary N) is 1. The molecule has 0 aromatic heterocycles. The monoisotopic (exact) mass is 255 g/mol. The van der Waals surface area contributed by atoms with E-state index >= 15 is 0 Å². The van der Waals surface area contributed by atoms with Gasteiger partial charge in [0, 0.05) is 5.39 Å². The van der Waals surface area contributed by atoms with E-state index in [9.17, 15) is 0 Å². The molecule has 4 nitrogen and oxygen atoms in total. The average Bonchev–Trinajstić information content (AvgIpc) is 2.25. The molecule has 0 aliphatic carbocycles. The summed E-state index contributed by atoms with van der Waals surface area (Å²) in [5.74, 6) is 0. The fourth-order valence-corrected chi connectivity index (χ4v) is 1.75. The van der Waals surface area contributed by atoms with Gasteiger partial charge in [-0.1, -0.05) is 36.4 Å². The number of benzene rings is 2. The molecular weight excluding hydrogens is 245 g/mol. The highest BCUT2D eigenvalue weighted by atomic mass is 32.5. The van der Waals surface area contributed by atoms with E-state index in [0.29, 0.717) is 5.69 Å². The van der Waals surface area contributed by atoms with Crippen LogP contribution in [0.25, 0.3) is 10.8 Å². The lowest BCUT2D eigenvalue weighted by molar-refractivity contribution is 0.302. The van der Waals surface area contributed by atoms with Crippen LogP contribution in [-0.2, 0) is 16.4 Å². The molecule has 0 fully saturated rings. The van der Waals surface area contributed by atoms with Crippen LogP contribution in [0.5, 0.6) is 0 Å². The van der Waals surface area contributed by atoms with Crippen LogP contribution in [-0.4, -0.2) is 9.79 Å². The van der Waals surface area contributed by atoms with E-state index in [4.69, 9.17) is 9.79 Å². The molecule has 2 rings (SSSR count). The maximum Gasteiger partial charge on any atom is 0.343 e. The first-order chi connectivity index (χ1) is 7.56. The summed E-state index contributed by atoms with van der Waals surface area (Å²) in [5, 5.41) is 1.95. The van der Waals surface area contributed by atoms with Gasteiger partial charge in [0.15, 0.2) is 0 Å². The third-order valence-corrected chi connectivity index (χ3v) is 2.62. The zero-order chi connectivity index (χ0) is 11.6. The SMILES string of the molecule is OP(O)(=S)ONc1cccc2ccccc12. The van der Waals surface area contributed by atoms with E-state index < -0.39 is 6.72 Å². The van der Waals surface area contributed by atoms with Crippen molar-refractivity contribution >= 4 is 35.0 Å². The number of hydrogen-bond donors (Lipinski definition) is 3. The van der Waals surface area contributed by atoms with Crippen molar-refractivity contribution in [2.24, 2.45) is 0 Å². The molecule has 0 aliphatic rings. The first-order valence-electron chi connectivity index (χ1n) is 4.54. The molecule has 0 aliphatic heterocycles. The maximum absolute atomic E-state index is 8.95. The van der Waals surface area contributed by atoms with Crippen molar-refractivity contribution in [3.05, 3.63) is 42.5 Å². The maximum atomic E-state index is 8.95. The molecule has 6 heteroatoms. The minimum Gasteiger partial charge on any atom is -0.323 e. The predicted octanol–water partition coefficient (Wildman–Crippen LogP) is 2.39. The Morgan fingerprint density at radius 3 is 2.50 bits per heavy atom. The molecular formula is C10H10NO3PS. The number of hydrogen-bond acceptors (Lipinski definition) is 3. The van der Waals surface area contributed by atoms with Gasteiger partial charge in [-0.3, -0.25) is 5.48 Å². The van der Waals surface area contributed by atoms with Gasteiger partial charge in [-0.25, -0.2) is 0 Å². The molecule has 0 atom stereocenters. The zero-order valence-corrected chi connectivity index (χ0v) is 9.91. The molecule has 0 radical (unpaired) electrons. The van der Waals surface area contributed by atoms with Crippen LogP contribution < -0.4 is 5.48 Å². The Bertz CT molecular complexity index is 549. The van der Waals surface area contributed by atoms with Crippen molar-refractivity contribution in [1.29, 1.82) is 0 Å². The van der Waals surface area contributed by atoms with Gasteiger partial charge in [0.05, 0.1) is 5.69 Å². The van der Waals surface area contributed by atoms with Gasteiger partial charge >= 0.3 is 6.72 Å². The van der Waals surface area contributed by atoms with Crippen molar-refractivity contribution < 1.29 is 14.4 Å². The quantitative estimate of drug-likeness (QED) is 0.580. The fourth-order valence-electron chi connectivity index (χ4n) is 1.42. The Kier molecular flexibility index (Phi) is 3.23. The van der Waals surface area contributed by atoms with Crippen LogP contribution in [0.2, 0.25) is 0 Å². The van der Waals surface area contributed by atoms with E-state index in [1.807, 2.05) is 36.4 Å². The van der Waals surface area contributed by atoms with Crippen molar-refractivity contribution in [3.63, 3.8) is 0 Å². The lowest BCUT2D eigenvalue weighted by Crippen LogP contribution is -1.98. The van der Waals surface area contributed by atoms with E-state index in [2.05, 4.69) is 21.9 Å². The Hall–Kier alpha value is -0.970. The minimum atomic E-state index is -3.69. The average molecular weight is 255 g/mol. The number of anilines is 1. The van der Waals surface area contributed by atoms with Gasteiger partial charge in [0.2, 0.25) is 0 Å². The summed E-state index contributed by atoms with van der Waals surface area (Å²) in [6.45, 7) is -3.69. The molecule has 0 spiro atoms. The molecule has 2 aromatic rings. The van der Waals surface area contributed by atoms with Gasteiger partial charge < -0.3 is 9.79 Å². The van der Waals surface area contributed by atoms with Crippen LogP contribution in [0.4, 0.5) is 5.69 Å². The first-order valence-corrected chi connectivity index (χ1v) is 7.17. The molecule has 2 aromatic carbocycles. The van der Waals surface area contributed by atoms with Crippen molar-refractivity contribution in [3.8, 4) is 0 Å². The van der Waals surface area contributed by atoms with Gasteiger partial charge in [-0.15, -0.1) is 0 Å². The Labute approximate surface area is 97.7 Å². The standard InChI is InChI=1S/C10H10NO3PS/c12-15(13,16)14-11-10-7-3-5-8-4-1-2-6-9(8)10/h1-7,11H,(H2,12,13,16). The minimum absolute atomic E-state index is 0.649. The summed E-state index contributed by atoms with van der Waals surface area (Å²) in [4.78, 5) is 17.9. The van der Waals surface area contributed by atoms with E-state index in [0.717, 1.165) is 10.8 Å². The van der Waals surface area contributed by atoms with Gasteiger partial charge in [-0.05, 0) is 23.3 Å². The molecule has 0 bridgehead atoms. The van der Waals surface area contributed by atoms with Gasteiger partial charge in [-0.2, -0.15) is 4.62 Å². The normalized spacial score (nSPS) is 11.6. The fraction of sp³-hybridized carbons (Fsp3) is 0. The lowest BCUT2D eigenvalue weighted by atomic mass is 10.1. The van der Waals surface area contributed by atoms with Crippen LogP contribution >= 0.6 is 6.72 Å². The third-order valence-electron chi connectivity index (χ3n) is 2.06. The Morgan fingerprint density at radius 2 is 1.75 bits per heavy atom. The van der Waals surface area contributed by atoms with Crippen molar-refractivity contribution in [2.75, 3.05) is 5.48 Å². The summed E-state index contributed by atoms with van der Waals surface area (Å²) >= 11 is 4.34. The third kappa shape index (κ3) is 2.78. The van der Waals surface area contributed by atoms with E-state index in [-0.39, 0.29) is 0 Å². The lowest BCUT2D eigenvalue weighted by Gasteiger charge is -2.11. The Balaban J connectivity index is 2.34. The molecule has 3 N–H and O–H groups in total. The van der Waals surface area contributed by atoms with E-state index in [1.54, 1.807) is 6.07 Å². The highest BCUT2D eigenvalue weighted by molar-refractivity contribution is 8.06. The molecule has 0 saturated heterocycles. The smallest absolute Gasteiger partial charge is 0.323 e. The van der Waals surface area contributed by atoms with Crippen LogP contribution in [0.15, 0.2) is 42.5 Å². The molecule has 0 amide bonds. The highest BCUT2D eigenvalue weighted by Gasteiger charge is 2.09. The molecule has 84 valence electrons. The van der Waals surface area contributed by atoms with Gasteiger partial charge in [0.25, 0.3) is 0 Å². The summed E-state index contributed by atoms with van der Waals surface area (Å²) in [5.41, 5.74) is 3.12. The number of rotatable bonds is 3. The Morgan fingerprint density at radius 1 is 1.06 bits per heavy atom. The van der Waals surface area contributed by atoms with Crippen molar-refractivity contribution in [1.82, 2.24) is 0 Å². The summed E-state index contributed by atoms with van der Waals surface area (Å²) in [6.07, 6.45) is 0. The van der Waals surface area contributed by atoms with Crippen LogP contribution in [0.1, 0.15) is 0 Å². The summed E-state index contributed by atoms with van der Waals surface area (Å²) in [6, 6.07) is 13.2. The first kappa shape index (κ1) is 11.5.